The summed E-state index contributed by atoms with van der Waals surface area (Å²) in [4.78, 5) is 4.26. The van der Waals surface area contributed by atoms with Gasteiger partial charge in [0, 0.05) is 16.5 Å². The lowest BCUT2D eigenvalue weighted by Gasteiger charge is -1.92. The SMILES string of the molecule is Clc1ccc2nc(Nc3ccsn3)oc2c1. The molecule has 0 unspecified atom stereocenters. The van der Waals surface area contributed by atoms with Gasteiger partial charge in [0.05, 0.1) is 0 Å². The zero-order chi connectivity index (χ0) is 11.0. The van der Waals surface area contributed by atoms with Crippen LogP contribution in [0.5, 0.6) is 0 Å². The molecule has 0 bridgehead atoms. The highest BCUT2D eigenvalue weighted by atomic mass is 35.5. The summed E-state index contributed by atoms with van der Waals surface area (Å²) < 4.78 is 9.58. The molecule has 80 valence electrons. The van der Waals surface area contributed by atoms with Crippen LogP contribution in [0.15, 0.2) is 34.1 Å². The van der Waals surface area contributed by atoms with Gasteiger partial charge >= 0.3 is 6.01 Å². The van der Waals surface area contributed by atoms with Crippen LogP contribution >= 0.6 is 23.1 Å². The molecule has 3 aromatic rings. The number of oxazole rings is 1. The molecule has 3 rings (SSSR count). The maximum Gasteiger partial charge on any atom is 0.301 e. The third-order valence-corrected chi connectivity index (χ3v) is 2.82. The van der Waals surface area contributed by atoms with Crippen LogP contribution in [0.2, 0.25) is 5.02 Å². The number of hydrogen-bond acceptors (Lipinski definition) is 5. The molecule has 2 aromatic heterocycles. The Morgan fingerprint density at radius 3 is 3.06 bits per heavy atom. The van der Waals surface area contributed by atoms with E-state index in [1.807, 2.05) is 17.5 Å². The summed E-state index contributed by atoms with van der Waals surface area (Å²) in [5.41, 5.74) is 1.42. The summed E-state index contributed by atoms with van der Waals surface area (Å²) in [6.45, 7) is 0. The fraction of sp³-hybridized carbons (Fsp3) is 0. The Kier molecular flexibility index (Phi) is 2.27. The van der Waals surface area contributed by atoms with Crippen LogP contribution in [0.3, 0.4) is 0 Å². The largest absolute Gasteiger partial charge is 0.423 e. The Morgan fingerprint density at radius 1 is 1.31 bits per heavy atom. The van der Waals surface area contributed by atoms with Crippen molar-refractivity contribution in [2.75, 3.05) is 5.32 Å². The lowest BCUT2D eigenvalue weighted by molar-refractivity contribution is 0.622. The average molecular weight is 252 g/mol. The van der Waals surface area contributed by atoms with Crippen LogP contribution in [-0.2, 0) is 0 Å². The average Bonchev–Trinajstić information content (AvgIpc) is 2.86. The molecular weight excluding hydrogens is 246 g/mol. The minimum absolute atomic E-state index is 0.420. The maximum atomic E-state index is 5.85. The second-order valence-corrected chi connectivity index (χ2v) is 4.24. The van der Waals surface area contributed by atoms with Gasteiger partial charge < -0.3 is 4.42 Å². The monoisotopic (exact) mass is 251 g/mol. The minimum atomic E-state index is 0.420. The summed E-state index contributed by atoms with van der Waals surface area (Å²) in [5, 5.41) is 5.48. The fourth-order valence-electron chi connectivity index (χ4n) is 1.34. The molecular formula is C10H6ClN3OS. The highest BCUT2D eigenvalue weighted by molar-refractivity contribution is 7.03. The molecule has 0 aliphatic carbocycles. The van der Waals surface area contributed by atoms with Crippen molar-refractivity contribution < 1.29 is 4.42 Å². The molecule has 0 amide bonds. The number of hydrogen-bond donors (Lipinski definition) is 1. The Balaban J connectivity index is 1.99. The highest BCUT2D eigenvalue weighted by Crippen LogP contribution is 2.24. The number of nitrogens with one attached hydrogen (secondary N) is 1. The van der Waals surface area contributed by atoms with Crippen LogP contribution in [-0.4, -0.2) is 9.36 Å². The van der Waals surface area contributed by atoms with Gasteiger partial charge in [-0.15, -0.1) is 0 Å². The standard InChI is InChI=1S/C10H6ClN3OS/c11-6-1-2-7-8(5-6)15-10(12-7)13-9-3-4-16-14-9/h1-5H,(H,12,13,14). The van der Waals surface area contributed by atoms with E-state index >= 15 is 0 Å². The number of nitrogens with zero attached hydrogens (tertiary/aromatic N) is 2. The van der Waals surface area contributed by atoms with Crippen molar-refractivity contribution >= 4 is 46.1 Å². The van der Waals surface area contributed by atoms with Gasteiger partial charge in [-0.3, -0.25) is 5.32 Å². The van der Waals surface area contributed by atoms with E-state index in [2.05, 4.69) is 14.7 Å². The second-order valence-electron chi connectivity index (χ2n) is 3.14. The van der Waals surface area contributed by atoms with E-state index in [1.54, 1.807) is 12.1 Å². The van der Waals surface area contributed by atoms with Crippen molar-refractivity contribution in [1.29, 1.82) is 0 Å². The van der Waals surface area contributed by atoms with Crippen molar-refractivity contribution in [3.8, 4) is 0 Å². The second kappa shape index (κ2) is 3.77. The van der Waals surface area contributed by atoms with Gasteiger partial charge in [-0.1, -0.05) is 11.6 Å². The molecule has 0 atom stereocenters. The molecule has 0 radical (unpaired) electrons. The highest BCUT2D eigenvalue weighted by Gasteiger charge is 2.06. The molecule has 6 heteroatoms. The predicted molar refractivity (Wildman–Crippen MR) is 64.4 cm³/mol. The van der Waals surface area contributed by atoms with E-state index in [4.69, 9.17) is 16.0 Å². The first-order chi connectivity index (χ1) is 7.81. The summed E-state index contributed by atoms with van der Waals surface area (Å²) in [7, 11) is 0. The Labute approximate surface area is 100 Å². The number of fused-ring (bicyclic) bond motifs is 1. The lowest BCUT2D eigenvalue weighted by Crippen LogP contribution is -1.88. The van der Waals surface area contributed by atoms with E-state index in [9.17, 15) is 0 Å². The molecule has 0 aliphatic rings. The van der Waals surface area contributed by atoms with Crippen molar-refractivity contribution in [3.63, 3.8) is 0 Å². The quantitative estimate of drug-likeness (QED) is 0.755. The van der Waals surface area contributed by atoms with Crippen LogP contribution in [0.25, 0.3) is 11.1 Å². The van der Waals surface area contributed by atoms with Gasteiger partial charge in [-0.05, 0) is 29.7 Å². The fourth-order valence-corrected chi connectivity index (χ4v) is 1.97. The first kappa shape index (κ1) is 9.62. The molecule has 1 N–H and O–H groups in total. The number of aromatic nitrogens is 2. The van der Waals surface area contributed by atoms with Gasteiger partial charge in [0.15, 0.2) is 5.58 Å². The predicted octanol–water partition coefficient (Wildman–Crippen LogP) is 3.68. The van der Waals surface area contributed by atoms with Crippen LogP contribution in [0.1, 0.15) is 0 Å². The zero-order valence-corrected chi connectivity index (χ0v) is 9.55. The number of halogens is 1. The van der Waals surface area contributed by atoms with Crippen LogP contribution in [0, 0.1) is 0 Å². The Morgan fingerprint density at radius 2 is 2.25 bits per heavy atom. The van der Waals surface area contributed by atoms with Gasteiger partial charge in [-0.25, -0.2) is 0 Å². The number of rotatable bonds is 2. The van der Waals surface area contributed by atoms with E-state index in [-0.39, 0.29) is 0 Å². The van der Waals surface area contributed by atoms with Gasteiger partial charge in [0.1, 0.15) is 11.3 Å². The normalized spacial score (nSPS) is 10.8. The van der Waals surface area contributed by atoms with E-state index in [1.165, 1.54) is 11.5 Å². The molecule has 0 saturated heterocycles. The Bertz CT molecular complexity index is 620. The van der Waals surface area contributed by atoms with Gasteiger partial charge in [0.25, 0.3) is 0 Å². The van der Waals surface area contributed by atoms with E-state index in [0.29, 0.717) is 16.6 Å². The summed E-state index contributed by atoms with van der Waals surface area (Å²) in [5.74, 6) is 0.725. The first-order valence-corrected chi connectivity index (χ1v) is 5.76. The number of benzene rings is 1. The third kappa shape index (κ3) is 1.75. The minimum Gasteiger partial charge on any atom is -0.423 e. The molecule has 0 saturated carbocycles. The first-order valence-electron chi connectivity index (χ1n) is 4.55. The Hall–Kier alpha value is -1.59. The van der Waals surface area contributed by atoms with Gasteiger partial charge in [-0.2, -0.15) is 9.36 Å². The van der Waals surface area contributed by atoms with Crippen molar-refractivity contribution in [3.05, 3.63) is 34.7 Å². The topological polar surface area (TPSA) is 51.0 Å². The molecule has 0 spiro atoms. The summed E-state index contributed by atoms with van der Waals surface area (Å²) in [6.07, 6.45) is 0. The summed E-state index contributed by atoms with van der Waals surface area (Å²) >= 11 is 7.22. The van der Waals surface area contributed by atoms with Crippen molar-refractivity contribution in [1.82, 2.24) is 9.36 Å². The molecule has 0 aliphatic heterocycles. The smallest absolute Gasteiger partial charge is 0.301 e. The van der Waals surface area contributed by atoms with Crippen molar-refractivity contribution in [2.45, 2.75) is 0 Å². The maximum absolute atomic E-state index is 5.85. The van der Waals surface area contributed by atoms with E-state index < -0.39 is 0 Å². The molecule has 0 fully saturated rings. The molecule has 2 heterocycles. The van der Waals surface area contributed by atoms with Gasteiger partial charge in [0.2, 0.25) is 0 Å². The van der Waals surface area contributed by atoms with Crippen molar-refractivity contribution in [2.24, 2.45) is 0 Å². The summed E-state index contributed by atoms with van der Waals surface area (Å²) in [6, 6.07) is 7.60. The third-order valence-electron chi connectivity index (χ3n) is 2.02. The van der Waals surface area contributed by atoms with Crippen LogP contribution in [0.4, 0.5) is 11.8 Å². The lowest BCUT2D eigenvalue weighted by atomic mass is 10.3. The molecule has 16 heavy (non-hydrogen) atoms. The zero-order valence-electron chi connectivity index (χ0n) is 7.98. The van der Waals surface area contributed by atoms with Crippen LogP contribution < -0.4 is 5.32 Å². The molecule has 1 aromatic carbocycles. The van der Waals surface area contributed by atoms with E-state index in [0.717, 1.165) is 11.3 Å². The molecule has 4 nitrogen and oxygen atoms in total. The number of anilines is 2.